The number of hydrogen-bond acceptors (Lipinski definition) is 7. The summed E-state index contributed by atoms with van der Waals surface area (Å²) in [4.78, 5) is 63.7. The van der Waals surface area contributed by atoms with E-state index < -0.39 is 5.92 Å². The highest BCUT2D eigenvalue weighted by Gasteiger charge is 2.38. The van der Waals surface area contributed by atoms with Gasteiger partial charge in [-0.05, 0) is 81.8 Å². The van der Waals surface area contributed by atoms with Crippen molar-refractivity contribution in [2.75, 3.05) is 64.8 Å². The number of fused-ring (bicyclic) bond motifs is 1. The topological polar surface area (TPSA) is 106 Å². The van der Waals surface area contributed by atoms with Crippen LogP contribution in [0.4, 0.5) is 10.5 Å². The number of piperidine rings is 2. The average Bonchev–Trinajstić information content (AvgIpc) is 3.12. The van der Waals surface area contributed by atoms with Gasteiger partial charge in [0.1, 0.15) is 6.04 Å². The highest BCUT2D eigenvalue weighted by atomic mass is 35.5. The number of urea groups is 1. The molecule has 2 aromatic carbocycles. The highest BCUT2D eigenvalue weighted by molar-refractivity contribution is 6.31. The van der Waals surface area contributed by atoms with E-state index in [-0.39, 0.29) is 42.3 Å². The van der Waals surface area contributed by atoms with Gasteiger partial charge in [0.2, 0.25) is 11.8 Å². The first-order valence-electron chi connectivity index (χ1n) is 18.2. The maximum Gasteiger partial charge on any atom is 0.324 e. The summed E-state index contributed by atoms with van der Waals surface area (Å²) in [6.07, 6.45) is 3.66. The molecule has 1 N–H and O–H groups in total. The molecule has 0 aromatic heterocycles. The van der Waals surface area contributed by atoms with Crippen LogP contribution in [0.5, 0.6) is 0 Å². The maximum atomic E-state index is 14.2. The SMILES string of the molecule is CCOC(=O)C1CN(C2CCN(C(=O)C(CC(=O)N3CCC(N4Cc5ccccc5NC4=O)CC3)Cc3ccc(Cl)c(C)c3)CC2)CCN1C. The average molecular weight is 707 g/mol. The Bertz CT molecular complexity index is 1560. The molecule has 2 unspecified atom stereocenters. The molecule has 0 aliphatic carbocycles. The van der Waals surface area contributed by atoms with E-state index in [2.05, 4.69) is 15.1 Å². The monoisotopic (exact) mass is 706 g/mol. The number of hydrogen-bond donors (Lipinski definition) is 1. The molecule has 11 nitrogen and oxygen atoms in total. The van der Waals surface area contributed by atoms with Crippen molar-refractivity contribution < 1.29 is 23.9 Å². The number of rotatable bonds is 9. The molecule has 4 amide bonds. The van der Waals surface area contributed by atoms with Gasteiger partial charge in [-0.15, -0.1) is 0 Å². The van der Waals surface area contributed by atoms with Crippen LogP contribution in [0.2, 0.25) is 5.02 Å². The second kappa shape index (κ2) is 16.1. The number of anilines is 1. The molecule has 12 heteroatoms. The Morgan fingerprint density at radius 3 is 2.36 bits per heavy atom. The van der Waals surface area contributed by atoms with Gasteiger partial charge in [-0.2, -0.15) is 0 Å². The predicted molar refractivity (Wildman–Crippen MR) is 193 cm³/mol. The van der Waals surface area contributed by atoms with Gasteiger partial charge in [0, 0.05) is 81.6 Å². The number of para-hydroxylation sites is 1. The number of piperazine rings is 1. The predicted octanol–water partition coefficient (Wildman–Crippen LogP) is 4.41. The molecule has 2 atom stereocenters. The number of ether oxygens (including phenoxy) is 1. The Labute approximate surface area is 300 Å². The van der Waals surface area contributed by atoms with Crippen molar-refractivity contribution in [3.05, 3.63) is 64.2 Å². The van der Waals surface area contributed by atoms with Gasteiger partial charge >= 0.3 is 12.0 Å². The number of carbonyl (C=O) groups excluding carboxylic acids is 4. The lowest BCUT2D eigenvalue weighted by molar-refractivity contribution is -0.152. The van der Waals surface area contributed by atoms with Crippen molar-refractivity contribution in [3.63, 3.8) is 0 Å². The summed E-state index contributed by atoms with van der Waals surface area (Å²) in [7, 11) is 1.97. The summed E-state index contributed by atoms with van der Waals surface area (Å²) < 4.78 is 5.33. The zero-order chi connectivity index (χ0) is 35.4. The van der Waals surface area contributed by atoms with E-state index >= 15 is 0 Å². The van der Waals surface area contributed by atoms with Crippen LogP contribution < -0.4 is 5.32 Å². The molecule has 270 valence electrons. The van der Waals surface area contributed by atoms with Gasteiger partial charge in [-0.1, -0.05) is 41.9 Å². The normalized spacial score (nSPS) is 21.8. The second-order valence-corrected chi connectivity index (χ2v) is 14.7. The fourth-order valence-electron chi connectivity index (χ4n) is 8.08. The van der Waals surface area contributed by atoms with Crippen molar-refractivity contribution in [2.24, 2.45) is 5.92 Å². The number of esters is 1. The number of carbonyl (C=O) groups is 4. The van der Waals surface area contributed by atoms with Gasteiger partial charge in [0.15, 0.2) is 0 Å². The lowest BCUT2D eigenvalue weighted by Gasteiger charge is -2.45. The van der Waals surface area contributed by atoms with Crippen LogP contribution in [-0.4, -0.2) is 126 Å². The number of amides is 4. The second-order valence-electron chi connectivity index (χ2n) is 14.3. The number of likely N-dealkylation sites (tertiary alicyclic amines) is 2. The summed E-state index contributed by atoms with van der Waals surface area (Å²) in [5, 5.41) is 3.69. The van der Waals surface area contributed by atoms with Crippen LogP contribution >= 0.6 is 11.6 Å². The summed E-state index contributed by atoms with van der Waals surface area (Å²) in [5.41, 5.74) is 3.89. The van der Waals surface area contributed by atoms with Crippen molar-refractivity contribution in [1.29, 1.82) is 0 Å². The van der Waals surface area contributed by atoms with Crippen LogP contribution in [0.25, 0.3) is 0 Å². The van der Waals surface area contributed by atoms with E-state index in [1.807, 2.05) is 78.1 Å². The molecule has 4 heterocycles. The molecule has 0 radical (unpaired) electrons. The molecule has 2 aromatic rings. The molecule has 4 aliphatic rings. The van der Waals surface area contributed by atoms with Crippen LogP contribution in [0.15, 0.2) is 42.5 Å². The maximum absolute atomic E-state index is 14.2. The standard InChI is InChI=1S/C38H51ClN6O5/c1-4-50-37(48)34-25-44(20-19-41(34)3)30-11-17-43(18-12-30)36(47)29(22-27-9-10-32(39)26(2)21-27)23-35(46)42-15-13-31(14-16-42)45-24-28-7-5-6-8-33(28)40-38(45)49/h5-10,21,29-31,34H,4,11-20,22-25H2,1-3H3,(H,40,49). The first-order valence-corrected chi connectivity index (χ1v) is 18.6. The van der Waals surface area contributed by atoms with Crippen molar-refractivity contribution in [3.8, 4) is 0 Å². The lowest BCUT2D eigenvalue weighted by atomic mass is 9.91. The Hall–Kier alpha value is -3.67. The Morgan fingerprint density at radius 2 is 1.64 bits per heavy atom. The van der Waals surface area contributed by atoms with Crippen LogP contribution in [-0.2, 0) is 32.1 Å². The van der Waals surface area contributed by atoms with Gasteiger partial charge in [-0.25, -0.2) is 4.79 Å². The van der Waals surface area contributed by atoms with Gasteiger partial charge in [0.05, 0.1) is 12.5 Å². The minimum absolute atomic E-state index is 0.0155. The third-order valence-electron chi connectivity index (χ3n) is 11.1. The number of aryl methyl sites for hydroxylation is 1. The van der Waals surface area contributed by atoms with Gasteiger partial charge < -0.3 is 24.8 Å². The van der Waals surface area contributed by atoms with E-state index in [0.717, 1.165) is 48.3 Å². The van der Waals surface area contributed by atoms with E-state index in [1.54, 1.807) is 0 Å². The van der Waals surface area contributed by atoms with Gasteiger partial charge in [0.25, 0.3) is 0 Å². The molecule has 0 saturated carbocycles. The van der Waals surface area contributed by atoms with Crippen molar-refractivity contribution in [1.82, 2.24) is 24.5 Å². The molecule has 6 rings (SSSR count). The molecule has 4 aliphatic heterocycles. The first kappa shape index (κ1) is 36.1. The Morgan fingerprint density at radius 1 is 0.940 bits per heavy atom. The smallest absolute Gasteiger partial charge is 0.324 e. The number of nitrogens with one attached hydrogen (secondary N) is 1. The molecular formula is C38H51ClN6O5. The third kappa shape index (κ3) is 8.27. The molecule has 0 spiro atoms. The summed E-state index contributed by atoms with van der Waals surface area (Å²) in [6, 6.07) is 13.7. The fourth-order valence-corrected chi connectivity index (χ4v) is 8.20. The Kier molecular flexibility index (Phi) is 11.7. The Balaban J connectivity index is 1.07. The van der Waals surface area contributed by atoms with Crippen LogP contribution in [0.3, 0.4) is 0 Å². The minimum atomic E-state index is -0.487. The van der Waals surface area contributed by atoms with Crippen LogP contribution in [0, 0.1) is 12.8 Å². The number of benzene rings is 2. The highest BCUT2D eigenvalue weighted by Crippen LogP contribution is 2.29. The lowest BCUT2D eigenvalue weighted by Crippen LogP contribution is -2.59. The fraction of sp³-hybridized carbons (Fsp3) is 0.579. The molecule has 3 fully saturated rings. The first-order chi connectivity index (χ1) is 24.1. The third-order valence-corrected chi connectivity index (χ3v) is 11.5. The van der Waals surface area contributed by atoms with Crippen LogP contribution in [0.1, 0.15) is 55.7 Å². The van der Waals surface area contributed by atoms with Crippen molar-refractivity contribution in [2.45, 2.75) is 77.0 Å². The number of likely N-dealkylation sites (N-methyl/N-ethyl adjacent to an activating group) is 1. The summed E-state index contributed by atoms with van der Waals surface area (Å²) in [5.74, 6) is -0.660. The van der Waals surface area contributed by atoms with E-state index in [0.29, 0.717) is 76.2 Å². The van der Waals surface area contributed by atoms with E-state index in [9.17, 15) is 19.2 Å². The summed E-state index contributed by atoms with van der Waals surface area (Å²) in [6.45, 7) is 9.38. The molecular weight excluding hydrogens is 656 g/mol. The minimum Gasteiger partial charge on any atom is -0.465 e. The summed E-state index contributed by atoms with van der Waals surface area (Å²) >= 11 is 6.32. The largest absolute Gasteiger partial charge is 0.465 e. The molecule has 50 heavy (non-hydrogen) atoms. The van der Waals surface area contributed by atoms with Crippen molar-refractivity contribution >= 4 is 41.1 Å². The van der Waals surface area contributed by atoms with E-state index in [1.165, 1.54) is 0 Å². The van der Waals surface area contributed by atoms with E-state index in [4.69, 9.17) is 16.3 Å². The quantitative estimate of drug-likeness (QED) is 0.386. The number of halogens is 1. The number of nitrogens with zero attached hydrogens (tertiary/aromatic N) is 5. The molecule has 3 saturated heterocycles. The molecule has 0 bridgehead atoms. The zero-order valence-electron chi connectivity index (χ0n) is 29.6. The van der Waals surface area contributed by atoms with Gasteiger partial charge in [-0.3, -0.25) is 24.2 Å². The zero-order valence-corrected chi connectivity index (χ0v) is 30.4.